The number of nitrogens with zero attached hydrogens (tertiary/aromatic N) is 2. The fraction of sp³-hybridized carbons (Fsp3) is 0.269. The van der Waals surface area contributed by atoms with Crippen LogP contribution in [0.15, 0.2) is 109 Å². The number of hydrogen-bond acceptors (Lipinski definition) is 0. The molecular formula is C52H51BN2. The summed E-state index contributed by atoms with van der Waals surface area (Å²) in [6, 6.07) is 42.6. The zero-order valence-corrected chi connectivity index (χ0v) is 34.4. The summed E-state index contributed by atoms with van der Waals surface area (Å²) in [6.45, 7) is 25.7. The first-order valence-electron chi connectivity index (χ1n) is 20.1. The summed E-state index contributed by atoms with van der Waals surface area (Å²) in [5, 5.41) is 4.04. The molecule has 0 spiro atoms. The highest BCUT2D eigenvalue weighted by atomic mass is 15.0. The molecule has 2 aliphatic rings. The van der Waals surface area contributed by atoms with Crippen molar-refractivity contribution in [2.45, 2.75) is 92.4 Å². The number of rotatable bonds is 2. The molecule has 0 unspecified atom stereocenters. The molecule has 0 radical (unpaired) electrons. The third-order valence-electron chi connectivity index (χ3n) is 12.7. The van der Waals surface area contributed by atoms with Crippen molar-refractivity contribution in [1.29, 1.82) is 0 Å². The van der Waals surface area contributed by atoms with Crippen LogP contribution in [0.25, 0.3) is 71.9 Å². The fourth-order valence-electron chi connectivity index (χ4n) is 9.78. The number of hydrogen-bond donors (Lipinski definition) is 0. The van der Waals surface area contributed by atoms with Crippen molar-refractivity contribution >= 4 is 50.5 Å². The molecule has 2 nitrogen and oxygen atoms in total. The summed E-state index contributed by atoms with van der Waals surface area (Å²) in [5.41, 5.74) is 22.7. The van der Waals surface area contributed by atoms with Crippen molar-refractivity contribution in [3.05, 3.63) is 137 Å². The topological polar surface area (TPSA) is 9.86 Å². The third kappa shape index (κ3) is 4.81. The standard InChI is InChI=1S/C52H51BN2/c1-30-23-38-40-26-34(51(6,7)8)28-41-45(36-20-16-15-17-31(36)2)47(32-18-13-12-14-19-32)55(48(40)41)53-42-29-35(52(9,10)11)27-39-37-25-33(50(3,4)5)21-22-43(37)54(49(39)42)44(24-30)46(38)53/h12-29H,1-11H3. The van der Waals surface area contributed by atoms with E-state index in [1.54, 1.807) is 0 Å². The van der Waals surface area contributed by atoms with Crippen LogP contribution in [0, 0.1) is 13.8 Å². The lowest BCUT2D eigenvalue weighted by atomic mass is 9.45. The highest BCUT2D eigenvalue weighted by Crippen LogP contribution is 2.50. The molecule has 10 rings (SSSR count). The Bertz CT molecular complexity index is 2930. The Morgan fingerprint density at radius 2 is 1.15 bits per heavy atom. The highest BCUT2D eigenvalue weighted by molar-refractivity contribution is 6.90. The smallest absolute Gasteiger partial charge is 0.333 e. The average molecular weight is 715 g/mol. The zero-order chi connectivity index (χ0) is 38.5. The minimum Gasteiger partial charge on any atom is -0.375 e. The summed E-state index contributed by atoms with van der Waals surface area (Å²) in [6.07, 6.45) is 0. The second-order valence-corrected chi connectivity index (χ2v) is 19.6. The molecule has 55 heavy (non-hydrogen) atoms. The maximum Gasteiger partial charge on any atom is 0.333 e. The third-order valence-corrected chi connectivity index (χ3v) is 12.7. The van der Waals surface area contributed by atoms with Crippen LogP contribution < -0.4 is 10.9 Å². The van der Waals surface area contributed by atoms with E-state index in [0.717, 1.165) is 0 Å². The SMILES string of the molecule is Cc1cc2c3c(c1)-n1c4ccc(C(C)(C)C)cc4c4cc(C(C)(C)C)cc(c41)B3n1c(-c3ccccc3)c(-c3ccccc3C)c3cc(C(C)(C)C)cc-2c31. The van der Waals surface area contributed by atoms with Gasteiger partial charge in [0.25, 0.3) is 0 Å². The maximum absolute atomic E-state index is 2.78. The number of aryl methyl sites for hydroxylation is 2. The van der Waals surface area contributed by atoms with Crippen molar-refractivity contribution in [2.24, 2.45) is 0 Å². The van der Waals surface area contributed by atoms with Crippen molar-refractivity contribution in [3.8, 4) is 39.2 Å². The lowest BCUT2D eigenvalue weighted by Gasteiger charge is -2.36. The predicted octanol–water partition coefficient (Wildman–Crippen LogP) is 12.5. The van der Waals surface area contributed by atoms with Crippen LogP contribution in [0.3, 0.4) is 0 Å². The fourth-order valence-corrected chi connectivity index (χ4v) is 9.78. The number of aromatic nitrogens is 2. The second-order valence-electron chi connectivity index (χ2n) is 19.6. The molecule has 0 bridgehead atoms. The molecule has 2 aliphatic heterocycles. The molecule has 0 saturated carbocycles. The largest absolute Gasteiger partial charge is 0.375 e. The molecular weight excluding hydrogens is 663 g/mol. The van der Waals surface area contributed by atoms with Gasteiger partial charge in [-0.05, 0) is 122 Å². The monoisotopic (exact) mass is 714 g/mol. The first-order valence-corrected chi connectivity index (χ1v) is 20.1. The Kier molecular flexibility index (Phi) is 6.95. The van der Waals surface area contributed by atoms with Crippen LogP contribution >= 0.6 is 0 Å². The van der Waals surface area contributed by atoms with Gasteiger partial charge < -0.3 is 9.05 Å². The first kappa shape index (κ1) is 34.2. The molecule has 0 amide bonds. The van der Waals surface area contributed by atoms with Gasteiger partial charge in [0.2, 0.25) is 0 Å². The molecule has 0 saturated heterocycles. The van der Waals surface area contributed by atoms with Crippen LogP contribution in [0.1, 0.15) is 90.1 Å². The van der Waals surface area contributed by atoms with E-state index in [1.165, 1.54) is 111 Å². The first-order chi connectivity index (χ1) is 26.0. The van der Waals surface area contributed by atoms with E-state index >= 15 is 0 Å². The maximum atomic E-state index is 2.78. The molecule has 0 fully saturated rings. The minimum absolute atomic E-state index is 0.0160. The van der Waals surface area contributed by atoms with E-state index in [0.29, 0.717) is 0 Å². The molecule has 0 aliphatic carbocycles. The van der Waals surface area contributed by atoms with Gasteiger partial charge in [-0.15, -0.1) is 0 Å². The minimum atomic E-state index is -0.0365. The lowest BCUT2D eigenvalue weighted by molar-refractivity contribution is 0.590. The summed E-state index contributed by atoms with van der Waals surface area (Å²) >= 11 is 0. The van der Waals surface area contributed by atoms with Gasteiger partial charge in [-0.2, -0.15) is 0 Å². The number of benzene rings is 6. The van der Waals surface area contributed by atoms with E-state index < -0.39 is 0 Å². The Labute approximate surface area is 326 Å². The summed E-state index contributed by atoms with van der Waals surface area (Å²) in [7, 11) is 0. The Hall–Kier alpha value is -5.28. The van der Waals surface area contributed by atoms with Gasteiger partial charge >= 0.3 is 6.85 Å². The Morgan fingerprint density at radius 3 is 1.84 bits per heavy atom. The molecule has 6 aromatic carbocycles. The molecule has 272 valence electrons. The van der Waals surface area contributed by atoms with Gasteiger partial charge in [-0.1, -0.05) is 135 Å². The summed E-state index contributed by atoms with van der Waals surface area (Å²) < 4.78 is 5.41. The van der Waals surface area contributed by atoms with Crippen molar-refractivity contribution in [3.63, 3.8) is 0 Å². The van der Waals surface area contributed by atoms with Crippen molar-refractivity contribution in [1.82, 2.24) is 9.05 Å². The Balaban J connectivity index is 1.48. The van der Waals surface area contributed by atoms with Crippen LogP contribution in [0.5, 0.6) is 0 Å². The molecule has 8 aromatic rings. The van der Waals surface area contributed by atoms with E-state index in [2.05, 4.69) is 194 Å². The van der Waals surface area contributed by atoms with E-state index in [-0.39, 0.29) is 23.1 Å². The highest BCUT2D eigenvalue weighted by Gasteiger charge is 2.44. The van der Waals surface area contributed by atoms with E-state index in [4.69, 9.17) is 0 Å². The van der Waals surface area contributed by atoms with Crippen LogP contribution in [0.2, 0.25) is 0 Å². The lowest BCUT2D eigenvalue weighted by Crippen LogP contribution is -2.56. The average Bonchev–Trinajstić information content (AvgIpc) is 3.64. The molecule has 3 heteroatoms. The normalized spacial score (nSPS) is 13.7. The van der Waals surface area contributed by atoms with Crippen molar-refractivity contribution in [2.75, 3.05) is 0 Å². The van der Waals surface area contributed by atoms with E-state index in [1.807, 2.05) is 0 Å². The van der Waals surface area contributed by atoms with Crippen molar-refractivity contribution < 1.29 is 0 Å². The predicted molar refractivity (Wildman–Crippen MR) is 239 cm³/mol. The van der Waals surface area contributed by atoms with Gasteiger partial charge in [0.05, 0.1) is 11.0 Å². The quantitative estimate of drug-likeness (QED) is 0.158. The Morgan fingerprint density at radius 1 is 0.509 bits per heavy atom. The van der Waals surface area contributed by atoms with Crippen LogP contribution in [-0.2, 0) is 16.2 Å². The molecule has 4 heterocycles. The van der Waals surface area contributed by atoms with Gasteiger partial charge in [0.1, 0.15) is 0 Å². The van der Waals surface area contributed by atoms with Gasteiger partial charge in [0, 0.05) is 44.2 Å². The zero-order valence-electron chi connectivity index (χ0n) is 34.4. The van der Waals surface area contributed by atoms with Crippen LogP contribution in [-0.4, -0.2) is 15.9 Å². The van der Waals surface area contributed by atoms with Gasteiger partial charge in [-0.25, -0.2) is 0 Å². The number of fused-ring (bicyclic) bond motifs is 7. The second kappa shape index (κ2) is 11.2. The summed E-state index contributed by atoms with van der Waals surface area (Å²) in [5.74, 6) is 0. The van der Waals surface area contributed by atoms with Crippen LogP contribution in [0.4, 0.5) is 0 Å². The van der Waals surface area contributed by atoms with Gasteiger partial charge in [-0.3, -0.25) is 0 Å². The molecule has 0 atom stereocenters. The van der Waals surface area contributed by atoms with Gasteiger partial charge in [0.15, 0.2) is 0 Å². The summed E-state index contributed by atoms with van der Waals surface area (Å²) in [4.78, 5) is 0. The molecule has 2 aromatic heterocycles. The van der Waals surface area contributed by atoms with E-state index in [9.17, 15) is 0 Å². The molecule has 0 N–H and O–H groups in total.